The van der Waals surface area contributed by atoms with Crippen LogP contribution in [0.3, 0.4) is 0 Å². The average molecular weight is 317 g/mol. The number of nitrogens with two attached hydrogens (primary N) is 1. The molecule has 2 N–H and O–H groups in total. The number of likely N-dealkylation sites (N-methyl/N-ethyl adjacent to an activating group) is 2. The van der Waals surface area contributed by atoms with Crippen LogP contribution in [-0.2, 0) is 4.79 Å². The molecule has 0 saturated heterocycles. The molecule has 0 saturated carbocycles. The molecule has 0 aromatic rings. The summed E-state index contributed by atoms with van der Waals surface area (Å²) in [5.41, 5.74) is 5.47. The zero-order valence-electron chi connectivity index (χ0n) is 14.1. The molecule has 0 rings (SSSR count). The monoisotopic (exact) mass is 316 g/mol. The minimum atomic E-state index is 0.135. The van der Waals surface area contributed by atoms with E-state index >= 15 is 0 Å². The predicted molar refractivity (Wildman–Crippen MR) is 93.6 cm³/mol. The summed E-state index contributed by atoms with van der Waals surface area (Å²) in [6.45, 7) is 12.7. The van der Waals surface area contributed by atoms with E-state index in [1.165, 1.54) is 0 Å². The Bertz CT molecular complexity index is 308. The summed E-state index contributed by atoms with van der Waals surface area (Å²) in [6.07, 6.45) is 1.69. The number of hydrogen-bond acceptors (Lipinski definition) is 4. The van der Waals surface area contributed by atoms with Crippen LogP contribution in [0.1, 0.15) is 33.6 Å². The third-order valence-corrected chi connectivity index (χ3v) is 3.97. The first-order valence-electron chi connectivity index (χ1n) is 7.91. The Hall–Kier alpha value is -0.720. The van der Waals surface area contributed by atoms with Gasteiger partial charge in [-0.2, -0.15) is 0 Å². The van der Waals surface area contributed by atoms with Crippen LogP contribution in [0.15, 0.2) is 0 Å². The molecule has 0 atom stereocenters. The van der Waals surface area contributed by atoms with E-state index in [-0.39, 0.29) is 5.91 Å². The molecule has 0 heterocycles. The lowest BCUT2D eigenvalue weighted by molar-refractivity contribution is -0.131. The van der Waals surface area contributed by atoms with Gasteiger partial charge in [0.15, 0.2) is 0 Å². The van der Waals surface area contributed by atoms with Gasteiger partial charge in [-0.3, -0.25) is 9.69 Å². The number of amides is 1. The highest BCUT2D eigenvalue weighted by atomic mass is 32.1. The smallest absolute Gasteiger partial charge is 0.236 e. The zero-order valence-corrected chi connectivity index (χ0v) is 14.9. The third-order valence-electron chi connectivity index (χ3n) is 3.77. The molecule has 5 nitrogen and oxygen atoms in total. The second-order valence-electron chi connectivity index (χ2n) is 5.28. The summed E-state index contributed by atoms with van der Waals surface area (Å²) in [5.74, 6) is 0.135. The van der Waals surface area contributed by atoms with Gasteiger partial charge in [0.05, 0.1) is 11.5 Å². The maximum absolute atomic E-state index is 12.1. The first kappa shape index (κ1) is 20.3. The van der Waals surface area contributed by atoms with Crippen molar-refractivity contribution >= 4 is 23.1 Å². The first-order valence-corrected chi connectivity index (χ1v) is 8.32. The fraction of sp³-hybridized carbons (Fsp3) is 0.867. The molecule has 0 bridgehead atoms. The third kappa shape index (κ3) is 9.77. The lowest BCUT2D eigenvalue weighted by Crippen LogP contribution is -2.40. The van der Waals surface area contributed by atoms with Gasteiger partial charge in [0.2, 0.25) is 5.91 Å². The van der Waals surface area contributed by atoms with E-state index in [2.05, 4.69) is 30.6 Å². The van der Waals surface area contributed by atoms with Crippen molar-refractivity contribution < 1.29 is 4.79 Å². The van der Waals surface area contributed by atoms with Gasteiger partial charge < -0.3 is 15.5 Å². The fourth-order valence-electron chi connectivity index (χ4n) is 2.12. The number of thiocarbonyl (C=S) groups is 1. The molecule has 124 valence electrons. The maximum atomic E-state index is 12.1. The molecule has 0 radical (unpaired) electrons. The summed E-state index contributed by atoms with van der Waals surface area (Å²) in [4.78, 5) is 18.9. The summed E-state index contributed by atoms with van der Waals surface area (Å²) in [6, 6.07) is 0. The van der Waals surface area contributed by atoms with E-state index in [9.17, 15) is 4.79 Å². The number of rotatable bonds is 12. The normalized spacial score (nSPS) is 11.1. The van der Waals surface area contributed by atoms with Gasteiger partial charge in [0.25, 0.3) is 0 Å². The van der Waals surface area contributed by atoms with Gasteiger partial charge in [0.1, 0.15) is 0 Å². The molecule has 0 aliphatic rings. The second-order valence-corrected chi connectivity index (χ2v) is 5.81. The molecule has 0 unspecified atom stereocenters. The largest absolute Gasteiger partial charge is 0.393 e. The van der Waals surface area contributed by atoms with E-state index in [0.717, 1.165) is 39.1 Å². The van der Waals surface area contributed by atoms with Crippen LogP contribution in [0, 0.1) is 0 Å². The molecule has 0 spiro atoms. The van der Waals surface area contributed by atoms with Crippen molar-refractivity contribution in [2.45, 2.75) is 33.6 Å². The minimum Gasteiger partial charge on any atom is -0.393 e. The van der Waals surface area contributed by atoms with Gasteiger partial charge in [0, 0.05) is 20.0 Å². The van der Waals surface area contributed by atoms with Crippen LogP contribution in [0.25, 0.3) is 0 Å². The average Bonchev–Trinajstić information content (AvgIpc) is 2.47. The predicted octanol–water partition coefficient (Wildman–Crippen LogP) is 1.17. The molecule has 0 fully saturated rings. The number of hydrogen-bond donors (Lipinski definition) is 1. The summed E-state index contributed by atoms with van der Waals surface area (Å²) in [7, 11) is 1.81. The van der Waals surface area contributed by atoms with E-state index in [1.807, 2.05) is 7.05 Å². The Morgan fingerprint density at radius 3 is 2.00 bits per heavy atom. The van der Waals surface area contributed by atoms with Crippen LogP contribution in [0.4, 0.5) is 0 Å². The van der Waals surface area contributed by atoms with Crippen molar-refractivity contribution in [1.29, 1.82) is 0 Å². The zero-order chi connectivity index (χ0) is 16.3. The fourth-order valence-corrected chi connectivity index (χ4v) is 2.21. The van der Waals surface area contributed by atoms with Crippen molar-refractivity contribution in [3.05, 3.63) is 0 Å². The molecule has 0 aliphatic heterocycles. The van der Waals surface area contributed by atoms with Crippen LogP contribution in [0.2, 0.25) is 0 Å². The molecular weight excluding hydrogens is 284 g/mol. The molecule has 6 heteroatoms. The van der Waals surface area contributed by atoms with Crippen molar-refractivity contribution in [2.75, 3.05) is 52.9 Å². The second kappa shape index (κ2) is 11.9. The number of carbonyl (C=O) groups is 1. The standard InChI is InChI=1S/C15H32N4OS/c1-5-18(6-2)10-8-11-19(7-3)13-15(20)17(4)12-9-14(16)21/h5-13H2,1-4H3,(H2,16,21). The van der Waals surface area contributed by atoms with Crippen molar-refractivity contribution in [3.63, 3.8) is 0 Å². The molecule has 1 amide bonds. The van der Waals surface area contributed by atoms with Gasteiger partial charge >= 0.3 is 0 Å². The molecule has 0 aliphatic carbocycles. The quantitative estimate of drug-likeness (QED) is 0.548. The molecule has 0 aromatic heterocycles. The van der Waals surface area contributed by atoms with Crippen molar-refractivity contribution in [2.24, 2.45) is 5.73 Å². The van der Waals surface area contributed by atoms with Gasteiger partial charge in [-0.1, -0.05) is 33.0 Å². The van der Waals surface area contributed by atoms with Crippen molar-refractivity contribution in [1.82, 2.24) is 14.7 Å². The number of carbonyl (C=O) groups excluding carboxylic acids is 1. The van der Waals surface area contributed by atoms with E-state index in [0.29, 0.717) is 24.5 Å². The Kier molecular flexibility index (Phi) is 11.5. The first-order chi connectivity index (χ1) is 9.94. The Labute approximate surface area is 135 Å². The maximum Gasteiger partial charge on any atom is 0.236 e. The van der Waals surface area contributed by atoms with Crippen LogP contribution in [0.5, 0.6) is 0 Å². The van der Waals surface area contributed by atoms with Crippen LogP contribution in [-0.4, -0.2) is 78.5 Å². The van der Waals surface area contributed by atoms with Gasteiger partial charge in [-0.05, 0) is 39.1 Å². The Balaban J connectivity index is 4.06. The van der Waals surface area contributed by atoms with E-state index < -0.39 is 0 Å². The number of nitrogens with zero attached hydrogens (tertiary/aromatic N) is 3. The topological polar surface area (TPSA) is 52.8 Å². The van der Waals surface area contributed by atoms with Gasteiger partial charge in [-0.25, -0.2) is 0 Å². The minimum absolute atomic E-state index is 0.135. The van der Waals surface area contributed by atoms with Crippen LogP contribution < -0.4 is 5.73 Å². The summed E-state index contributed by atoms with van der Waals surface area (Å²) in [5, 5.41) is 0. The highest BCUT2D eigenvalue weighted by Gasteiger charge is 2.13. The van der Waals surface area contributed by atoms with E-state index in [4.69, 9.17) is 18.0 Å². The van der Waals surface area contributed by atoms with E-state index in [1.54, 1.807) is 4.90 Å². The summed E-state index contributed by atoms with van der Waals surface area (Å²) >= 11 is 4.84. The molecular formula is C15H32N4OS. The molecule has 21 heavy (non-hydrogen) atoms. The van der Waals surface area contributed by atoms with Gasteiger partial charge in [-0.15, -0.1) is 0 Å². The van der Waals surface area contributed by atoms with Crippen LogP contribution >= 0.6 is 12.2 Å². The SMILES string of the molecule is CCN(CC)CCCN(CC)CC(=O)N(C)CCC(N)=S. The highest BCUT2D eigenvalue weighted by molar-refractivity contribution is 7.80. The Morgan fingerprint density at radius 2 is 1.52 bits per heavy atom. The highest BCUT2D eigenvalue weighted by Crippen LogP contribution is 1.98. The Morgan fingerprint density at radius 1 is 1.00 bits per heavy atom. The molecule has 0 aromatic carbocycles. The lowest BCUT2D eigenvalue weighted by atomic mass is 10.3. The summed E-state index contributed by atoms with van der Waals surface area (Å²) < 4.78 is 0. The van der Waals surface area contributed by atoms with Crippen molar-refractivity contribution in [3.8, 4) is 0 Å². The lowest BCUT2D eigenvalue weighted by Gasteiger charge is -2.25.